The maximum atomic E-state index is 11.5. The summed E-state index contributed by atoms with van der Waals surface area (Å²) in [5.41, 5.74) is 8.06. The normalized spacial score (nSPS) is 10.4. The Morgan fingerprint density at radius 3 is 2.78 bits per heavy atom. The Hall–Kier alpha value is -2.01. The second-order valence-corrected chi connectivity index (χ2v) is 4.18. The SMILES string of the molecule is COC(=O)c1ccc(N)c(-n2cc(Cl)c(C)n2)c1. The smallest absolute Gasteiger partial charge is 0.337 e. The van der Waals surface area contributed by atoms with Crippen molar-refractivity contribution < 1.29 is 9.53 Å². The molecular formula is C12H12ClN3O2. The number of carbonyl (C=O) groups is 1. The lowest BCUT2D eigenvalue weighted by atomic mass is 10.2. The first-order valence-electron chi connectivity index (χ1n) is 5.23. The molecule has 0 radical (unpaired) electrons. The molecule has 0 atom stereocenters. The van der Waals surface area contributed by atoms with E-state index in [9.17, 15) is 4.79 Å². The number of benzene rings is 1. The maximum Gasteiger partial charge on any atom is 0.337 e. The highest BCUT2D eigenvalue weighted by atomic mass is 35.5. The lowest BCUT2D eigenvalue weighted by Gasteiger charge is -2.07. The summed E-state index contributed by atoms with van der Waals surface area (Å²) in [5.74, 6) is -0.425. The van der Waals surface area contributed by atoms with Crippen molar-refractivity contribution in [3.05, 3.63) is 40.7 Å². The molecular weight excluding hydrogens is 254 g/mol. The van der Waals surface area contributed by atoms with Gasteiger partial charge in [-0.15, -0.1) is 0 Å². The number of ether oxygens (including phenoxy) is 1. The van der Waals surface area contributed by atoms with Crippen LogP contribution in [0.2, 0.25) is 5.02 Å². The standard InChI is InChI=1S/C12H12ClN3O2/c1-7-9(13)6-16(15-7)11-5-8(12(17)18-2)3-4-10(11)14/h3-6H,14H2,1-2H3. The number of aromatic nitrogens is 2. The van der Waals surface area contributed by atoms with Gasteiger partial charge in [-0.25, -0.2) is 9.48 Å². The predicted octanol–water partition coefficient (Wildman–Crippen LogP) is 2.20. The summed E-state index contributed by atoms with van der Waals surface area (Å²) in [6, 6.07) is 4.85. The van der Waals surface area contributed by atoms with Crippen molar-refractivity contribution in [2.45, 2.75) is 6.92 Å². The summed E-state index contributed by atoms with van der Waals surface area (Å²) >= 11 is 5.95. The van der Waals surface area contributed by atoms with Crippen LogP contribution in [0.25, 0.3) is 5.69 Å². The molecule has 18 heavy (non-hydrogen) atoms. The first-order valence-corrected chi connectivity index (χ1v) is 5.60. The molecule has 0 fully saturated rings. The van der Waals surface area contributed by atoms with Crippen molar-refractivity contribution >= 4 is 23.3 Å². The van der Waals surface area contributed by atoms with Gasteiger partial charge in [0.05, 0.1) is 34.8 Å². The van der Waals surface area contributed by atoms with Gasteiger partial charge in [0.1, 0.15) is 0 Å². The molecule has 0 aliphatic rings. The monoisotopic (exact) mass is 265 g/mol. The average molecular weight is 266 g/mol. The number of anilines is 1. The zero-order chi connectivity index (χ0) is 13.3. The van der Waals surface area contributed by atoms with Gasteiger partial charge in [-0.2, -0.15) is 5.10 Å². The highest BCUT2D eigenvalue weighted by molar-refractivity contribution is 6.31. The largest absolute Gasteiger partial charge is 0.465 e. The molecule has 0 spiro atoms. The van der Waals surface area contributed by atoms with E-state index in [-0.39, 0.29) is 0 Å². The number of rotatable bonds is 2. The first kappa shape index (κ1) is 12.4. The molecule has 0 saturated heterocycles. The minimum atomic E-state index is -0.425. The lowest BCUT2D eigenvalue weighted by molar-refractivity contribution is 0.0600. The molecule has 1 aromatic carbocycles. The number of nitrogen functional groups attached to an aromatic ring is 1. The van der Waals surface area contributed by atoms with Gasteiger partial charge >= 0.3 is 5.97 Å². The molecule has 5 nitrogen and oxygen atoms in total. The molecule has 0 unspecified atom stereocenters. The van der Waals surface area contributed by atoms with Crippen LogP contribution in [0.4, 0.5) is 5.69 Å². The van der Waals surface area contributed by atoms with Crippen LogP contribution in [0.1, 0.15) is 16.1 Å². The van der Waals surface area contributed by atoms with E-state index >= 15 is 0 Å². The Morgan fingerprint density at radius 1 is 1.50 bits per heavy atom. The Bertz CT molecular complexity index is 588. The fourth-order valence-corrected chi connectivity index (χ4v) is 1.68. The highest BCUT2D eigenvalue weighted by Gasteiger charge is 2.11. The molecule has 2 N–H and O–H groups in total. The van der Waals surface area contributed by atoms with Crippen LogP contribution < -0.4 is 5.73 Å². The Balaban J connectivity index is 2.52. The van der Waals surface area contributed by atoms with Crippen LogP contribution in [0.3, 0.4) is 0 Å². The molecule has 1 heterocycles. The third-order valence-corrected chi connectivity index (χ3v) is 2.91. The van der Waals surface area contributed by atoms with Gasteiger partial charge in [-0.1, -0.05) is 11.6 Å². The number of esters is 1. The lowest BCUT2D eigenvalue weighted by Crippen LogP contribution is -2.06. The van der Waals surface area contributed by atoms with Crippen LogP contribution >= 0.6 is 11.6 Å². The van der Waals surface area contributed by atoms with Crippen LogP contribution in [-0.4, -0.2) is 22.9 Å². The molecule has 94 valence electrons. The van der Waals surface area contributed by atoms with E-state index in [4.69, 9.17) is 17.3 Å². The van der Waals surface area contributed by atoms with Gasteiger partial charge in [0.25, 0.3) is 0 Å². The third kappa shape index (κ3) is 2.17. The number of nitrogens with two attached hydrogens (primary N) is 1. The Labute approximate surface area is 109 Å². The molecule has 0 bridgehead atoms. The van der Waals surface area contributed by atoms with Gasteiger partial charge in [0, 0.05) is 6.20 Å². The van der Waals surface area contributed by atoms with Gasteiger partial charge < -0.3 is 10.5 Å². The van der Waals surface area contributed by atoms with Crippen molar-refractivity contribution in [2.24, 2.45) is 0 Å². The summed E-state index contributed by atoms with van der Waals surface area (Å²) in [5, 5.41) is 4.76. The van der Waals surface area contributed by atoms with E-state index in [1.807, 2.05) is 0 Å². The topological polar surface area (TPSA) is 70.1 Å². The van der Waals surface area contributed by atoms with E-state index in [1.54, 1.807) is 36.0 Å². The summed E-state index contributed by atoms with van der Waals surface area (Å²) in [4.78, 5) is 11.5. The fraction of sp³-hybridized carbons (Fsp3) is 0.167. The minimum absolute atomic E-state index is 0.408. The summed E-state index contributed by atoms with van der Waals surface area (Å²) in [6.07, 6.45) is 1.64. The molecule has 0 saturated carbocycles. The summed E-state index contributed by atoms with van der Waals surface area (Å²) in [6.45, 7) is 1.79. The van der Waals surface area contributed by atoms with E-state index in [0.29, 0.717) is 27.7 Å². The quantitative estimate of drug-likeness (QED) is 0.668. The van der Waals surface area contributed by atoms with E-state index in [1.165, 1.54) is 7.11 Å². The molecule has 0 aliphatic heterocycles. The third-order valence-electron chi connectivity index (χ3n) is 2.54. The molecule has 2 aromatic rings. The van der Waals surface area contributed by atoms with Crippen molar-refractivity contribution in [1.29, 1.82) is 0 Å². The fourth-order valence-electron chi connectivity index (χ4n) is 1.55. The van der Waals surface area contributed by atoms with Crippen LogP contribution in [-0.2, 0) is 4.74 Å². The molecule has 2 rings (SSSR count). The van der Waals surface area contributed by atoms with E-state index in [2.05, 4.69) is 9.84 Å². The van der Waals surface area contributed by atoms with Gasteiger partial charge in [0.15, 0.2) is 0 Å². The van der Waals surface area contributed by atoms with Gasteiger partial charge in [-0.3, -0.25) is 0 Å². The summed E-state index contributed by atoms with van der Waals surface area (Å²) in [7, 11) is 1.33. The van der Waals surface area contributed by atoms with Crippen LogP contribution in [0.15, 0.2) is 24.4 Å². The van der Waals surface area contributed by atoms with Crippen molar-refractivity contribution in [2.75, 3.05) is 12.8 Å². The van der Waals surface area contributed by atoms with E-state index < -0.39 is 5.97 Å². The number of hydrogen-bond donors (Lipinski definition) is 1. The minimum Gasteiger partial charge on any atom is -0.465 e. The maximum absolute atomic E-state index is 11.5. The van der Waals surface area contributed by atoms with E-state index in [0.717, 1.165) is 0 Å². The first-order chi connectivity index (χ1) is 8.52. The molecule has 1 aromatic heterocycles. The van der Waals surface area contributed by atoms with Gasteiger partial charge in [0.2, 0.25) is 0 Å². The number of carbonyl (C=O) groups excluding carboxylic acids is 1. The zero-order valence-electron chi connectivity index (χ0n) is 9.98. The predicted molar refractivity (Wildman–Crippen MR) is 69.1 cm³/mol. The number of hydrogen-bond acceptors (Lipinski definition) is 4. The van der Waals surface area contributed by atoms with Crippen molar-refractivity contribution in [3.8, 4) is 5.69 Å². The second-order valence-electron chi connectivity index (χ2n) is 3.77. The van der Waals surface area contributed by atoms with Gasteiger partial charge in [-0.05, 0) is 25.1 Å². The molecule has 6 heteroatoms. The Kier molecular flexibility index (Phi) is 3.25. The second kappa shape index (κ2) is 4.70. The average Bonchev–Trinajstić information content (AvgIpc) is 2.69. The zero-order valence-corrected chi connectivity index (χ0v) is 10.7. The van der Waals surface area contributed by atoms with Crippen molar-refractivity contribution in [1.82, 2.24) is 9.78 Å². The number of aryl methyl sites for hydroxylation is 1. The molecule has 0 aliphatic carbocycles. The summed E-state index contributed by atoms with van der Waals surface area (Å²) < 4.78 is 6.20. The molecule has 0 amide bonds. The van der Waals surface area contributed by atoms with Crippen molar-refractivity contribution in [3.63, 3.8) is 0 Å². The van der Waals surface area contributed by atoms with Crippen LogP contribution in [0, 0.1) is 6.92 Å². The van der Waals surface area contributed by atoms with Crippen LogP contribution in [0.5, 0.6) is 0 Å². The number of methoxy groups -OCH3 is 1. The number of halogens is 1. The number of nitrogens with zero attached hydrogens (tertiary/aromatic N) is 2. The Morgan fingerprint density at radius 2 is 2.22 bits per heavy atom. The highest BCUT2D eigenvalue weighted by Crippen LogP contribution is 2.22.